The van der Waals surface area contributed by atoms with Gasteiger partial charge in [-0.05, 0) is 30.7 Å². The van der Waals surface area contributed by atoms with Crippen LogP contribution >= 0.6 is 0 Å². The Balaban J connectivity index is 1.97. The molecule has 126 valence electrons. The third-order valence-corrected chi connectivity index (χ3v) is 3.72. The van der Waals surface area contributed by atoms with E-state index in [0.29, 0.717) is 0 Å². The van der Waals surface area contributed by atoms with E-state index >= 15 is 0 Å². The van der Waals surface area contributed by atoms with Crippen LogP contribution in [0.2, 0.25) is 0 Å². The number of non-ortho nitro benzene ring substituents is 1. The summed E-state index contributed by atoms with van der Waals surface area (Å²) in [5, 5.41) is 10.7. The minimum absolute atomic E-state index is 0.104. The van der Waals surface area contributed by atoms with Crippen molar-refractivity contribution in [1.29, 1.82) is 0 Å². The van der Waals surface area contributed by atoms with Crippen LogP contribution in [0.1, 0.15) is 18.5 Å². The van der Waals surface area contributed by atoms with Crippen molar-refractivity contribution in [3.63, 3.8) is 0 Å². The molecule has 6 nitrogen and oxygen atoms in total. The standard InChI is InChI=1S/C17H17FN2O4/c1-12(13-6-8-14(18)9-7-13)19(2)17(21)11-24-16-5-3-4-15(10-16)20(22)23/h3-10,12H,11H2,1-2H3. The summed E-state index contributed by atoms with van der Waals surface area (Å²) in [4.78, 5) is 23.9. The molecule has 0 aliphatic rings. The lowest BCUT2D eigenvalue weighted by atomic mass is 10.1. The molecule has 0 fully saturated rings. The Hall–Kier alpha value is -2.96. The fraction of sp³-hybridized carbons (Fsp3) is 0.235. The first-order valence-corrected chi connectivity index (χ1v) is 7.27. The largest absolute Gasteiger partial charge is 0.484 e. The number of nitrogens with zero attached hydrogens (tertiary/aromatic N) is 2. The lowest BCUT2D eigenvalue weighted by Gasteiger charge is -2.25. The predicted octanol–water partition coefficient (Wildman–Crippen LogP) is 3.33. The SMILES string of the molecule is CC(c1ccc(F)cc1)N(C)C(=O)COc1cccc([N+](=O)[O-])c1. The van der Waals surface area contributed by atoms with Crippen molar-refractivity contribution in [2.75, 3.05) is 13.7 Å². The average Bonchev–Trinajstić information content (AvgIpc) is 2.59. The van der Waals surface area contributed by atoms with E-state index in [0.717, 1.165) is 5.56 Å². The number of amides is 1. The van der Waals surface area contributed by atoms with E-state index in [9.17, 15) is 19.3 Å². The number of benzene rings is 2. The van der Waals surface area contributed by atoms with Crippen molar-refractivity contribution in [2.45, 2.75) is 13.0 Å². The molecule has 0 bridgehead atoms. The van der Waals surface area contributed by atoms with Gasteiger partial charge >= 0.3 is 0 Å². The van der Waals surface area contributed by atoms with Gasteiger partial charge in [-0.1, -0.05) is 18.2 Å². The molecule has 0 N–H and O–H groups in total. The number of nitro groups is 1. The summed E-state index contributed by atoms with van der Waals surface area (Å²) in [5.74, 6) is -0.382. The van der Waals surface area contributed by atoms with E-state index in [1.807, 2.05) is 6.92 Å². The van der Waals surface area contributed by atoms with Gasteiger partial charge in [-0.3, -0.25) is 14.9 Å². The lowest BCUT2D eigenvalue weighted by Crippen LogP contribution is -2.33. The third-order valence-electron chi connectivity index (χ3n) is 3.72. The molecule has 0 heterocycles. The molecular weight excluding hydrogens is 315 g/mol. The van der Waals surface area contributed by atoms with Gasteiger partial charge in [-0.2, -0.15) is 0 Å². The van der Waals surface area contributed by atoms with Crippen LogP contribution in [0.25, 0.3) is 0 Å². The van der Waals surface area contributed by atoms with Gasteiger partial charge < -0.3 is 9.64 Å². The Morgan fingerprint density at radius 2 is 1.96 bits per heavy atom. The van der Waals surface area contributed by atoms with Crippen LogP contribution in [-0.2, 0) is 4.79 Å². The van der Waals surface area contributed by atoms with Crippen molar-refractivity contribution >= 4 is 11.6 Å². The summed E-state index contributed by atoms with van der Waals surface area (Å²) in [5.41, 5.74) is 0.690. The molecule has 2 aromatic rings. The van der Waals surface area contributed by atoms with Gasteiger partial charge in [-0.25, -0.2) is 4.39 Å². The van der Waals surface area contributed by atoms with Gasteiger partial charge in [0.25, 0.3) is 11.6 Å². The fourth-order valence-electron chi connectivity index (χ4n) is 2.11. The van der Waals surface area contributed by atoms with Crippen molar-refractivity contribution in [3.05, 3.63) is 70.0 Å². The number of hydrogen-bond donors (Lipinski definition) is 0. The Morgan fingerprint density at radius 3 is 2.58 bits per heavy atom. The Bertz CT molecular complexity index is 734. The maximum absolute atomic E-state index is 13.0. The van der Waals surface area contributed by atoms with Gasteiger partial charge in [0.15, 0.2) is 6.61 Å². The second-order valence-electron chi connectivity index (χ2n) is 5.28. The van der Waals surface area contributed by atoms with Crippen LogP contribution in [-0.4, -0.2) is 29.4 Å². The van der Waals surface area contributed by atoms with Crippen molar-refractivity contribution in [2.24, 2.45) is 0 Å². The van der Waals surface area contributed by atoms with Crippen molar-refractivity contribution in [3.8, 4) is 5.75 Å². The normalized spacial score (nSPS) is 11.6. The highest BCUT2D eigenvalue weighted by Gasteiger charge is 2.18. The first-order valence-electron chi connectivity index (χ1n) is 7.27. The van der Waals surface area contributed by atoms with Crippen molar-refractivity contribution < 1.29 is 18.8 Å². The van der Waals surface area contributed by atoms with E-state index < -0.39 is 4.92 Å². The second kappa shape index (κ2) is 7.54. The Kier molecular flexibility index (Phi) is 5.47. The summed E-state index contributed by atoms with van der Waals surface area (Å²) >= 11 is 0. The molecule has 0 spiro atoms. The predicted molar refractivity (Wildman–Crippen MR) is 86.2 cm³/mol. The van der Waals surface area contributed by atoms with Crippen LogP contribution in [0, 0.1) is 15.9 Å². The number of hydrogen-bond acceptors (Lipinski definition) is 4. The molecule has 0 radical (unpaired) electrons. The van der Waals surface area contributed by atoms with Crippen LogP contribution in [0.15, 0.2) is 48.5 Å². The first kappa shape index (κ1) is 17.4. The first-order chi connectivity index (χ1) is 11.4. The van der Waals surface area contributed by atoms with Crippen LogP contribution in [0.4, 0.5) is 10.1 Å². The highest BCUT2D eigenvalue weighted by atomic mass is 19.1. The van der Waals surface area contributed by atoms with E-state index in [2.05, 4.69) is 0 Å². The molecule has 0 aliphatic carbocycles. The summed E-state index contributed by atoms with van der Waals surface area (Å²) in [6.07, 6.45) is 0. The molecular formula is C17H17FN2O4. The lowest BCUT2D eigenvalue weighted by molar-refractivity contribution is -0.384. The Labute approximate surface area is 138 Å². The van der Waals surface area contributed by atoms with E-state index in [1.54, 1.807) is 25.2 Å². The zero-order valence-corrected chi connectivity index (χ0v) is 13.3. The smallest absolute Gasteiger partial charge is 0.273 e. The molecule has 1 amide bonds. The molecule has 2 aromatic carbocycles. The zero-order chi connectivity index (χ0) is 17.7. The Morgan fingerprint density at radius 1 is 1.29 bits per heavy atom. The zero-order valence-electron chi connectivity index (χ0n) is 13.3. The van der Waals surface area contributed by atoms with E-state index in [1.165, 1.54) is 35.2 Å². The number of rotatable bonds is 6. The second-order valence-corrected chi connectivity index (χ2v) is 5.28. The number of likely N-dealkylation sites (N-methyl/N-ethyl adjacent to an activating group) is 1. The van der Waals surface area contributed by atoms with E-state index in [-0.39, 0.29) is 35.8 Å². The summed E-state index contributed by atoms with van der Waals surface area (Å²) < 4.78 is 18.3. The number of carbonyl (C=O) groups excluding carboxylic acids is 1. The number of carbonyl (C=O) groups is 1. The van der Waals surface area contributed by atoms with Gasteiger partial charge in [0.2, 0.25) is 0 Å². The summed E-state index contributed by atoms with van der Waals surface area (Å²) in [6.45, 7) is 1.57. The molecule has 0 saturated heterocycles. The average molecular weight is 332 g/mol. The molecule has 24 heavy (non-hydrogen) atoms. The minimum atomic E-state index is -0.530. The van der Waals surface area contributed by atoms with Gasteiger partial charge in [0.1, 0.15) is 11.6 Å². The molecule has 2 rings (SSSR count). The molecule has 0 aliphatic heterocycles. The van der Waals surface area contributed by atoms with Crippen LogP contribution < -0.4 is 4.74 Å². The minimum Gasteiger partial charge on any atom is -0.484 e. The monoisotopic (exact) mass is 332 g/mol. The highest BCUT2D eigenvalue weighted by Crippen LogP contribution is 2.21. The number of nitro benzene ring substituents is 1. The molecule has 7 heteroatoms. The quantitative estimate of drug-likeness (QED) is 0.601. The fourth-order valence-corrected chi connectivity index (χ4v) is 2.11. The summed E-state index contributed by atoms with van der Waals surface area (Å²) in [7, 11) is 1.62. The van der Waals surface area contributed by atoms with Crippen molar-refractivity contribution in [1.82, 2.24) is 4.90 Å². The molecule has 1 atom stereocenters. The van der Waals surface area contributed by atoms with E-state index in [4.69, 9.17) is 4.74 Å². The van der Waals surface area contributed by atoms with Crippen LogP contribution in [0.3, 0.4) is 0 Å². The highest BCUT2D eigenvalue weighted by molar-refractivity contribution is 5.78. The number of ether oxygens (including phenoxy) is 1. The maximum atomic E-state index is 13.0. The summed E-state index contributed by atoms with van der Waals surface area (Å²) in [6, 6.07) is 11.3. The van der Waals surface area contributed by atoms with Gasteiger partial charge in [0.05, 0.1) is 17.0 Å². The topological polar surface area (TPSA) is 72.7 Å². The van der Waals surface area contributed by atoms with Gasteiger partial charge in [-0.15, -0.1) is 0 Å². The van der Waals surface area contributed by atoms with Gasteiger partial charge in [0, 0.05) is 13.1 Å². The molecule has 0 saturated carbocycles. The van der Waals surface area contributed by atoms with Crippen LogP contribution in [0.5, 0.6) is 5.75 Å². The third kappa shape index (κ3) is 4.28. The number of halogens is 1. The molecule has 1 unspecified atom stereocenters. The molecule has 0 aromatic heterocycles. The maximum Gasteiger partial charge on any atom is 0.273 e.